The van der Waals surface area contributed by atoms with E-state index >= 15 is 0 Å². The number of benzene rings is 2. The normalized spacial score (nSPS) is 34.8. The van der Waals surface area contributed by atoms with E-state index in [-0.39, 0.29) is 34.4 Å². The Morgan fingerprint density at radius 1 is 1.20 bits per heavy atom. The fourth-order valence-electron chi connectivity index (χ4n) is 9.38. The van der Waals surface area contributed by atoms with Crippen LogP contribution in [-0.4, -0.2) is 67.8 Å². The lowest BCUT2D eigenvalue weighted by molar-refractivity contribution is -0.384. The Bertz CT molecular complexity index is 1420. The van der Waals surface area contributed by atoms with Gasteiger partial charge in [0.15, 0.2) is 11.5 Å². The molecule has 40 heavy (non-hydrogen) atoms. The van der Waals surface area contributed by atoms with E-state index in [1.165, 1.54) is 29.3 Å². The van der Waals surface area contributed by atoms with Crippen LogP contribution in [0.4, 0.5) is 5.69 Å². The minimum absolute atomic E-state index is 0.0233. The Balaban J connectivity index is 1.19. The van der Waals surface area contributed by atoms with Crippen molar-refractivity contribution in [2.24, 2.45) is 11.3 Å². The van der Waals surface area contributed by atoms with Crippen molar-refractivity contribution in [1.82, 2.24) is 10.2 Å². The first-order valence-electron chi connectivity index (χ1n) is 14.1. The summed E-state index contributed by atoms with van der Waals surface area (Å²) < 4.78 is 19.3. The van der Waals surface area contributed by atoms with Gasteiger partial charge in [-0.1, -0.05) is 6.07 Å². The predicted octanol–water partition coefficient (Wildman–Crippen LogP) is 3.88. The molecule has 2 aromatic carbocycles. The Morgan fingerprint density at radius 3 is 2.73 bits per heavy atom. The number of nitrogens with one attached hydrogen (secondary N) is 1. The molecule has 1 amide bonds. The van der Waals surface area contributed by atoms with Gasteiger partial charge in [-0.25, -0.2) is 0 Å². The fourth-order valence-corrected chi connectivity index (χ4v) is 9.38. The summed E-state index contributed by atoms with van der Waals surface area (Å²) in [7, 11) is 5.78. The number of nitro benzene ring substituents is 1. The van der Waals surface area contributed by atoms with Gasteiger partial charge in [-0.2, -0.15) is 0 Å². The summed E-state index contributed by atoms with van der Waals surface area (Å²) in [6.45, 7) is 1.52. The third-order valence-electron chi connectivity index (χ3n) is 11.0. The van der Waals surface area contributed by atoms with Gasteiger partial charge in [-0.3, -0.25) is 14.9 Å². The van der Waals surface area contributed by atoms with Crippen LogP contribution < -0.4 is 14.8 Å². The molecule has 4 aliphatic carbocycles. The summed E-state index contributed by atoms with van der Waals surface area (Å²) >= 11 is 0. The van der Waals surface area contributed by atoms with Crippen molar-refractivity contribution in [2.75, 3.05) is 34.4 Å². The van der Waals surface area contributed by atoms with Crippen LogP contribution in [0.15, 0.2) is 42.5 Å². The van der Waals surface area contributed by atoms with Gasteiger partial charge in [0, 0.05) is 60.2 Å². The molecule has 2 spiro atoms. The van der Waals surface area contributed by atoms with Crippen LogP contribution in [-0.2, 0) is 21.4 Å². The molecule has 2 aliphatic heterocycles. The zero-order chi connectivity index (χ0) is 27.9. The number of carbonyl (C=O) groups excluding carboxylic acids is 1. The topological polar surface area (TPSA) is 103 Å². The molecule has 1 saturated heterocycles. The number of methoxy groups -OCH3 is 2. The molecule has 3 saturated carbocycles. The maximum atomic E-state index is 12.9. The predicted molar refractivity (Wildman–Crippen MR) is 148 cm³/mol. The third kappa shape index (κ3) is 3.13. The molecule has 210 valence electrons. The van der Waals surface area contributed by atoms with Gasteiger partial charge in [0.1, 0.15) is 11.7 Å². The molecule has 8 rings (SSSR count). The van der Waals surface area contributed by atoms with Crippen molar-refractivity contribution in [3.8, 4) is 11.5 Å². The fraction of sp³-hybridized carbons (Fsp3) is 0.516. The van der Waals surface area contributed by atoms with E-state index in [1.54, 1.807) is 32.4 Å². The second-order valence-corrected chi connectivity index (χ2v) is 12.2. The van der Waals surface area contributed by atoms with Crippen LogP contribution in [0.25, 0.3) is 6.08 Å². The Kier molecular flexibility index (Phi) is 5.61. The molecule has 9 heteroatoms. The lowest BCUT2D eigenvalue weighted by atomic mass is 9.35. The van der Waals surface area contributed by atoms with Crippen LogP contribution in [0.1, 0.15) is 42.4 Å². The van der Waals surface area contributed by atoms with Crippen LogP contribution in [0.3, 0.4) is 0 Å². The van der Waals surface area contributed by atoms with Crippen LogP contribution in [0.2, 0.25) is 0 Å². The maximum absolute atomic E-state index is 12.9. The minimum atomic E-state index is -0.518. The Morgan fingerprint density at radius 2 is 2.00 bits per heavy atom. The number of likely N-dealkylation sites (N-methyl/N-ethyl adjacent to an activating group) is 1. The van der Waals surface area contributed by atoms with Gasteiger partial charge in [0.25, 0.3) is 5.69 Å². The molecule has 0 aromatic heterocycles. The zero-order valence-corrected chi connectivity index (χ0v) is 23.1. The van der Waals surface area contributed by atoms with E-state index in [1.807, 2.05) is 6.07 Å². The Labute approximate surface area is 233 Å². The summed E-state index contributed by atoms with van der Waals surface area (Å²) in [5.74, 6) is 1.59. The van der Waals surface area contributed by atoms with Gasteiger partial charge in [-0.05, 0) is 81.1 Å². The number of nitrogens with zero attached hydrogens (tertiary/aromatic N) is 2. The number of carbonyl (C=O) groups is 1. The summed E-state index contributed by atoms with van der Waals surface area (Å²) in [6, 6.07) is 10.8. The third-order valence-corrected chi connectivity index (χ3v) is 11.0. The van der Waals surface area contributed by atoms with Gasteiger partial charge in [0.05, 0.1) is 12.0 Å². The van der Waals surface area contributed by atoms with Crippen molar-refractivity contribution in [1.29, 1.82) is 0 Å². The molecule has 6 aliphatic rings. The number of fused-ring (bicyclic) bond motifs is 2. The SMILES string of the molecule is COc1ccc2c3c1OC1C4(OC)CCC5(CC4CNC(=O)C=Cc4ccc([N+](=O)[O-])cc4)C(C2)N(C)CCC315. The summed E-state index contributed by atoms with van der Waals surface area (Å²) in [4.78, 5) is 26.0. The van der Waals surface area contributed by atoms with Crippen molar-refractivity contribution < 1.29 is 23.9 Å². The average molecular weight is 546 g/mol. The number of amides is 1. The number of hydrogen-bond donors (Lipinski definition) is 1. The van der Waals surface area contributed by atoms with Crippen LogP contribution in [0, 0.1) is 21.4 Å². The lowest BCUT2D eigenvalue weighted by Crippen LogP contribution is -2.81. The number of nitro groups is 1. The summed E-state index contributed by atoms with van der Waals surface area (Å²) in [6.07, 6.45) is 8.00. The molecule has 2 aromatic rings. The first kappa shape index (κ1) is 25.5. The van der Waals surface area contributed by atoms with Crippen molar-refractivity contribution in [2.45, 2.75) is 55.3 Å². The van der Waals surface area contributed by atoms with Crippen LogP contribution >= 0.6 is 0 Å². The Hall–Kier alpha value is -3.43. The average Bonchev–Trinajstić information content (AvgIpc) is 3.34. The monoisotopic (exact) mass is 545 g/mol. The highest BCUT2D eigenvalue weighted by Gasteiger charge is 2.80. The quantitative estimate of drug-likeness (QED) is 0.320. The summed E-state index contributed by atoms with van der Waals surface area (Å²) in [5, 5.41) is 14.1. The van der Waals surface area contributed by atoms with E-state index in [9.17, 15) is 14.9 Å². The first-order valence-corrected chi connectivity index (χ1v) is 14.1. The van der Waals surface area contributed by atoms with Crippen molar-refractivity contribution >= 4 is 17.7 Å². The molecular formula is C31H35N3O6. The summed E-state index contributed by atoms with van der Waals surface area (Å²) in [5.41, 5.74) is 2.89. The highest BCUT2D eigenvalue weighted by molar-refractivity contribution is 5.91. The van der Waals surface area contributed by atoms with Gasteiger partial charge < -0.3 is 24.4 Å². The molecule has 0 radical (unpaired) electrons. The number of non-ortho nitro benzene ring substituents is 1. The second kappa shape index (κ2) is 8.78. The van der Waals surface area contributed by atoms with Crippen molar-refractivity contribution in [3.05, 3.63) is 69.3 Å². The molecule has 2 heterocycles. The number of hydrogen-bond acceptors (Lipinski definition) is 7. The molecule has 6 unspecified atom stereocenters. The highest BCUT2D eigenvalue weighted by Crippen LogP contribution is 2.76. The van der Waals surface area contributed by atoms with Crippen LogP contribution in [0.5, 0.6) is 11.5 Å². The van der Waals surface area contributed by atoms with E-state index < -0.39 is 10.5 Å². The first-order chi connectivity index (χ1) is 19.3. The molecule has 4 bridgehead atoms. The standard InChI is InChI=1S/C31H35N3O6/c1-33-15-14-30-26-20-7-10-23(38-2)27(26)40-28(30)31(39-3)13-12-29(30,24(33)16-20)17-21(31)18-32-25(35)11-6-19-4-8-22(9-5-19)34(36)37/h4-11,21,24,28H,12-18H2,1-3H3,(H,32,35). The number of likely N-dealkylation sites (tertiary alicyclic amines) is 1. The molecule has 4 fully saturated rings. The lowest BCUT2D eigenvalue weighted by Gasteiger charge is -2.73. The van der Waals surface area contributed by atoms with Gasteiger partial charge in [-0.15, -0.1) is 0 Å². The second-order valence-electron chi connectivity index (χ2n) is 12.2. The number of piperidine rings is 1. The van der Waals surface area contributed by atoms with Gasteiger partial charge in [0.2, 0.25) is 5.91 Å². The molecule has 1 N–H and O–H groups in total. The van der Waals surface area contributed by atoms with E-state index in [2.05, 4.69) is 23.3 Å². The van der Waals surface area contributed by atoms with Crippen molar-refractivity contribution in [3.63, 3.8) is 0 Å². The minimum Gasteiger partial charge on any atom is -0.493 e. The highest BCUT2D eigenvalue weighted by atomic mass is 16.6. The largest absolute Gasteiger partial charge is 0.493 e. The van der Waals surface area contributed by atoms with E-state index in [4.69, 9.17) is 14.2 Å². The van der Waals surface area contributed by atoms with Gasteiger partial charge >= 0.3 is 0 Å². The zero-order valence-electron chi connectivity index (χ0n) is 23.1. The molecule has 9 nitrogen and oxygen atoms in total. The number of rotatable bonds is 7. The smallest absolute Gasteiger partial charge is 0.269 e. The van der Waals surface area contributed by atoms with E-state index in [0.717, 1.165) is 55.7 Å². The number of ether oxygens (including phenoxy) is 3. The molecule has 6 atom stereocenters. The maximum Gasteiger partial charge on any atom is 0.269 e. The van der Waals surface area contributed by atoms with E-state index in [0.29, 0.717) is 12.6 Å². The molecular weight excluding hydrogens is 510 g/mol.